The van der Waals surface area contributed by atoms with Crippen LogP contribution in [0.3, 0.4) is 0 Å². The van der Waals surface area contributed by atoms with Crippen molar-refractivity contribution < 1.29 is 23.8 Å². The lowest BCUT2D eigenvalue weighted by Gasteiger charge is -2.26. The third-order valence-electron chi connectivity index (χ3n) is 5.33. The first-order valence-corrected chi connectivity index (χ1v) is 11.6. The number of hydrogen-bond acceptors (Lipinski definition) is 8. The predicted molar refractivity (Wildman–Crippen MR) is 129 cm³/mol. The molecule has 8 nitrogen and oxygen atoms in total. The first-order valence-electron chi connectivity index (χ1n) is 11.6. The third kappa shape index (κ3) is 11.7. The molecule has 0 saturated carbocycles. The topological polar surface area (TPSA) is 101 Å². The molecule has 186 valence electrons. The molecule has 8 heteroatoms. The zero-order valence-corrected chi connectivity index (χ0v) is 21.1. The summed E-state index contributed by atoms with van der Waals surface area (Å²) in [6, 6.07) is 5.54. The summed E-state index contributed by atoms with van der Waals surface area (Å²) in [5.74, 6) is 0.594. The lowest BCUT2D eigenvalue weighted by Crippen LogP contribution is -2.27. The van der Waals surface area contributed by atoms with Gasteiger partial charge in [0.25, 0.3) is 0 Å². The van der Waals surface area contributed by atoms with Gasteiger partial charge in [0.15, 0.2) is 0 Å². The van der Waals surface area contributed by atoms with Gasteiger partial charge in [-0.25, -0.2) is 5.53 Å². The molecule has 1 N–H and O–H groups in total. The fourth-order valence-corrected chi connectivity index (χ4v) is 3.83. The number of hydrogen-bond donors (Lipinski definition) is 1. The van der Waals surface area contributed by atoms with Crippen molar-refractivity contribution in [3.63, 3.8) is 0 Å². The second-order valence-electron chi connectivity index (χ2n) is 9.62. The van der Waals surface area contributed by atoms with E-state index in [1.54, 1.807) is 6.07 Å². The van der Waals surface area contributed by atoms with Crippen LogP contribution in [0.25, 0.3) is 0 Å². The monoisotopic (exact) mass is 463 g/mol. The molecule has 1 rings (SSSR count). The van der Waals surface area contributed by atoms with Crippen molar-refractivity contribution in [2.24, 2.45) is 16.4 Å². The number of anilines is 1. The van der Waals surface area contributed by atoms with Crippen LogP contribution in [0.1, 0.15) is 66.2 Å². The summed E-state index contributed by atoms with van der Waals surface area (Å²) in [4.78, 5) is 25.1. The van der Waals surface area contributed by atoms with Crippen molar-refractivity contribution in [1.82, 2.24) is 0 Å². The number of rotatable bonds is 15. The van der Waals surface area contributed by atoms with E-state index < -0.39 is 0 Å². The van der Waals surface area contributed by atoms with Crippen molar-refractivity contribution in [2.45, 2.75) is 66.2 Å². The Balaban J connectivity index is 2.88. The molecule has 0 aliphatic rings. The number of carbonyl (C=O) groups is 2. The molecule has 0 spiro atoms. The van der Waals surface area contributed by atoms with Crippen molar-refractivity contribution in [3.05, 3.63) is 18.2 Å². The van der Waals surface area contributed by atoms with E-state index in [1.807, 2.05) is 12.1 Å². The quantitative estimate of drug-likeness (QED) is 0.256. The van der Waals surface area contributed by atoms with Crippen molar-refractivity contribution in [2.75, 3.05) is 38.8 Å². The average Bonchev–Trinajstić information content (AvgIpc) is 2.76. The normalized spacial score (nSPS) is 12.1. The van der Waals surface area contributed by atoms with Crippen LogP contribution in [0.5, 0.6) is 5.75 Å². The zero-order chi connectivity index (χ0) is 24.9. The smallest absolute Gasteiger partial charge is 0.305 e. The van der Waals surface area contributed by atoms with Gasteiger partial charge in [-0.1, -0.05) is 27.7 Å². The molecule has 0 aliphatic carbocycles. The molecular weight excluding hydrogens is 422 g/mol. The van der Waals surface area contributed by atoms with Gasteiger partial charge in [0.1, 0.15) is 11.4 Å². The third-order valence-corrected chi connectivity index (χ3v) is 5.33. The molecule has 0 bridgehead atoms. The Morgan fingerprint density at radius 3 is 2.12 bits per heavy atom. The fourth-order valence-electron chi connectivity index (χ4n) is 3.83. The highest BCUT2D eigenvalue weighted by Crippen LogP contribution is 2.33. The van der Waals surface area contributed by atoms with Gasteiger partial charge in [-0.3, -0.25) is 9.59 Å². The molecule has 1 unspecified atom stereocenters. The van der Waals surface area contributed by atoms with Gasteiger partial charge in [-0.05, 0) is 49.1 Å². The molecule has 0 saturated heterocycles. The molecule has 0 radical (unpaired) electrons. The molecule has 1 aromatic rings. The number of ether oxygens (including phenoxy) is 3. The van der Waals surface area contributed by atoms with Crippen LogP contribution in [-0.4, -0.2) is 45.9 Å². The first kappa shape index (κ1) is 28.4. The minimum Gasteiger partial charge on any atom is -0.491 e. The number of nitrogens with one attached hydrogen (secondary N) is 1. The Labute approximate surface area is 198 Å². The van der Waals surface area contributed by atoms with E-state index in [9.17, 15) is 9.59 Å². The van der Waals surface area contributed by atoms with E-state index in [1.165, 1.54) is 14.2 Å². The van der Waals surface area contributed by atoms with Crippen LogP contribution in [0.4, 0.5) is 11.4 Å². The molecule has 1 aromatic carbocycles. The molecule has 0 heterocycles. The number of methoxy groups -OCH3 is 2. The van der Waals surface area contributed by atoms with Crippen molar-refractivity contribution in [3.8, 4) is 5.75 Å². The molecule has 0 fully saturated rings. The molecule has 1 atom stereocenters. The summed E-state index contributed by atoms with van der Waals surface area (Å²) >= 11 is 0. The summed E-state index contributed by atoms with van der Waals surface area (Å²) in [6.45, 7) is 10.7. The minimum atomic E-state index is -0.249. The predicted octanol–water partition coefficient (Wildman–Crippen LogP) is 5.90. The highest BCUT2D eigenvalue weighted by Gasteiger charge is 2.16. The van der Waals surface area contributed by atoms with Crippen LogP contribution < -0.4 is 9.64 Å². The molecule has 0 aliphatic heterocycles. The van der Waals surface area contributed by atoms with E-state index in [-0.39, 0.29) is 17.4 Å². The van der Waals surface area contributed by atoms with Gasteiger partial charge in [0.2, 0.25) is 0 Å². The average molecular weight is 464 g/mol. The lowest BCUT2D eigenvalue weighted by molar-refractivity contribution is -0.141. The second-order valence-corrected chi connectivity index (χ2v) is 9.62. The Kier molecular flexibility index (Phi) is 12.5. The van der Waals surface area contributed by atoms with E-state index in [4.69, 9.17) is 19.7 Å². The van der Waals surface area contributed by atoms with Gasteiger partial charge in [0.05, 0.1) is 20.8 Å². The lowest BCUT2D eigenvalue weighted by atomic mass is 9.84. The molecular formula is C25H41N3O5. The minimum absolute atomic E-state index is 0.249. The maximum absolute atomic E-state index is 11.5. The number of esters is 2. The molecule has 0 aromatic heterocycles. The molecule has 0 amide bonds. The van der Waals surface area contributed by atoms with Gasteiger partial charge in [0, 0.05) is 37.7 Å². The van der Waals surface area contributed by atoms with E-state index in [0.29, 0.717) is 62.7 Å². The standard InChI is InChI=1S/C25H41N3O5/c1-19(18-25(2,3)4)13-16-33-22-17-20(11-12-21(22)27-26)28(14-7-9-23(29)31-5)15-8-10-24(30)32-6/h11-12,17,19,26H,7-10,13-16,18H2,1-6H3. The fraction of sp³-hybridized carbons (Fsp3) is 0.680. The maximum atomic E-state index is 11.5. The summed E-state index contributed by atoms with van der Waals surface area (Å²) in [5.41, 5.74) is 9.14. The van der Waals surface area contributed by atoms with Crippen molar-refractivity contribution >= 4 is 23.3 Å². The van der Waals surface area contributed by atoms with Crippen LogP contribution in [0, 0.1) is 16.9 Å². The van der Waals surface area contributed by atoms with E-state index in [2.05, 4.69) is 37.7 Å². The Bertz CT molecular complexity index is 739. The Hall–Kier alpha value is -2.64. The number of nitrogens with zero attached hydrogens (tertiary/aromatic N) is 2. The van der Waals surface area contributed by atoms with E-state index in [0.717, 1.165) is 18.5 Å². The Morgan fingerprint density at radius 2 is 1.64 bits per heavy atom. The summed E-state index contributed by atoms with van der Waals surface area (Å²) in [5, 5.41) is 3.61. The number of carbonyl (C=O) groups excluding carboxylic acids is 2. The second kappa shape index (κ2) is 14.5. The summed E-state index contributed by atoms with van der Waals surface area (Å²) in [6.07, 6.45) is 3.91. The van der Waals surface area contributed by atoms with Gasteiger partial charge >= 0.3 is 11.9 Å². The van der Waals surface area contributed by atoms with Crippen LogP contribution >= 0.6 is 0 Å². The summed E-state index contributed by atoms with van der Waals surface area (Å²) in [7, 11) is 2.76. The van der Waals surface area contributed by atoms with Crippen LogP contribution in [-0.2, 0) is 19.1 Å². The first-order chi connectivity index (χ1) is 15.6. The maximum Gasteiger partial charge on any atom is 0.305 e. The van der Waals surface area contributed by atoms with Crippen molar-refractivity contribution in [1.29, 1.82) is 5.53 Å². The highest BCUT2D eigenvalue weighted by molar-refractivity contribution is 5.69. The van der Waals surface area contributed by atoms with Crippen LogP contribution in [0.15, 0.2) is 23.3 Å². The van der Waals surface area contributed by atoms with Gasteiger partial charge in [-0.15, -0.1) is 0 Å². The van der Waals surface area contributed by atoms with E-state index >= 15 is 0 Å². The molecule has 33 heavy (non-hydrogen) atoms. The number of benzene rings is 1. The van der Waals surface area contributed by atoms with Gasteiger partial charge < -0.3 is 19.1 Å². The van der Waals surface area contributed by atoms with Crippen LogP contribution in [0.2, 0.25) is 0 Å². The highest BCUT2D eigenvalue weighted by atomic mass is 16.5. The Morgan fingerprint density at radius 1 is 1.06 bits per heavy atom. The largest absolute Gasteiger partial charge is 0.491 e. The zero-order valence-electron chi connectivity index (χ0n) is 21.1. The summed E-state index contributed by atoms with van der Waals surface area (Å²) < 4.78 is 15.5. The SMILES string of the molecule is COC(=O)CCCN(CCCC(=O)OC)c1ccc(N=N)c(OCCC(C)CC(C)(C)C)c1. The van der Waals surface area contributed by atoms with Gasteiger partial charge in [-0.2, -0.15) is 5.11 Å².